The zero-order chi connectivity index (χ0) is 18.1. The van der Waals surface area contributed by atoms with Crippen molar-refractivity contribution in [3.05, 3.63) is 52.6 Å². The van der Waals surface area contributed by atoms with Gasteiger partial charge in [-0.25, -0.2) is 4.99 Å². The summed E-state index contributed by atoms with van der Waals surface area (Å²) in [4.78, 5) is 21.6. The van der Waals surface area contributed by atoms with E-state index in [4.69, 9.17) is 4.42 Å². The standard InChI is InChI=1S/C20H21N3O2S/c1-14-5-7-15(8-6-14)21-20-22(2)19(24)17(26-20)13-16-9-10-18(25-16)23-11-3-4-12-23/h5-10,13H,3-4,11-12H2,1-2H3/b17-13-,21-20?. The first kappa shape index (κ1) is 17.0. The second kappa shape index (κ2) is 7.03. The molecule has 0 unspecified atom stereocenters. The highest BCUT2D eigenvalue weighted by Gasteiger charge is 2.30. The molecule has 0 atom stereocenters. The van der Waals surface area contributed by atoms with E-state index in [1.807, 2.05) is 43.3 Å². The number of amidine groups is 1. The van der Waals surface area contributed by atoms with Crippen molar-refractivity contribution in [3.8, 4) is 0 Å². The molecule has 0 aliphatic carbocycles. The number of amides is 1. The molecule has 2 aliphatic rings. The van der Waals surface area contributed by atoms with Gasteiger partial charge < -0.3 is 9.32 Å². The predicted octanol–water partition coefficient (Wildman–Crippen LogP) is 4.42. The summed E-state index contributed by atoms with van der Waals surface area (Å²) in [5, 5.41) is 0.677. The van der Waals surface area contributed by atoms with E-state index in [0.29, 0.717) is 15.8 Å². The molecular weight excluding hydrogens is 346 g/mol. The molecule has 2 fully saturated rings. The maximum absolute atomic E-state index is 12.5. The largest absolute Gasteiger partial charge is 0.441 e. The number of thioether (sulfide) groups is 1. The third-order valence-corrected chi connectivity index (χ3v) is 5.63. The molecule has 1 amide bonds. The van der Waals surface area contributed by atoms with Crippen LogP contribution in [0.5, 0.6) is 0 Å². The number of anilines is 1. The lowest BCUT2D eigenvalue weighted by Crippen LogP contribution is -2.23. The summed E-state index contributed by atoms with van der Waals surface area (Å²) in [7, 11) is 1.75. The molecule has 3 heterocycles. The van der Waals surface area contributed by atoms with Crippen molar-refractivity contribution in [2.75, 3.05) is 25.0 Å². The summed E-state index contributed by atoms with van der Waals surface area (Å²) >= 11 is 1.38. The van der Waals surface area contributed by atoms with E-state index in [-0.39, 0.29) is 5.91 Å². The Morgan fingerprint density at radius 2 is 1.85 bits per heavy atom. The van der Waals surface area contributed by atoms with Crippen molar-refractivity contribution >= 4 is 40.5 Å². The molecule has 0 bridgehead atoms. The third-order valence-electron chi connectivity index (χ3n) is 4.57. The molecule has 0 saturated carbocycles. The molecule has 0 N–H and O–H groups in total. The van der Waals surface area contributed by atoms with Gasteiger partial charge in [0.05, 0.1) is 10.6 Å². The van der Waals surface area contributed by atoms with Crippen molar-refractivity contribution in [1.29, 1.82) is 0 Å². The second-order valence-electron chi connectivity index (χ2n) is 6.57. The monoisotopic (exact) mass is 367 g/mol. The Bertz CT molecular complexity index is 877. The maximum Gasteiger partial charge on any atom is 0.266 e. The molecule has 1 aromatic carbocycles. The van der Waals surface area contributed by atoms with E-state index in [0.717, 1.165) is 24.7 Å². The Balaban J connectivity index is 1.54. The van der Waals surface area contributed by atoms with Crippen molar-refractivity contribution < 1.29 is 9.21 Å². The zero-order valence-electron chi connectivity index (χ0n) is 14.9. The molecule has 5 nitrogen and oxygen atoms in total. The van der Waals surface area contributed by atoms with E-state index >= 15 is 0 Å². The average Bonchev–Trinajstić information content (AvgIpc) is 3.36. The van der Waals surface area contributed by atoms with Gasteiger partial charge in [0.15, 0.2) is 11.1 Å². The van der Waals surface area contributed by atoms with Crippen LogP contribution in [0.3, 0.4) is 0 Å². The van der Waals surface area contributed by atoms with E-state index in [9.17, 15) is 4.79 Å². The Labute approximate surface area is 157 Å². The lowest BCUT2D eigenvalue weighted by molar-refractivity contribution is -0.121. The summed E-state index contributed by atoms with van der Waals surface area (Å²) < 4.78 is 5.91. The highest BCUT2D eigenvalue weighted by molar-refractivity contribution is 8.18. The van der Waals surface area contributed by atoms with E-state index in [1.165, 1.54) is 30.2 Å². The summed E-state index contributed by atoms with van der Waals surface area (Å²) in [5.74, 6) is 1.53. The SMILES string of the molecule is Cc1ccc(N=C2S/C(=C\c3ccc(N4CCCC4)o3)C(=O)N2C)cc1. The molecule has 2 saturated heterocycles. The number of hydrogen-bond donors (Lipinski definition) is 0. The Kier molecular flexibility index (Phi) is 4.59. The lowest BCUT2D eigenvalue weighted by atomic mass is 10.2. The molecule has 0 radical (unpaired) electrons. The van der Waals surface area contributed by atoms with Gasteiger partial charge in [-0.3, -0.25) is 9.69 Å². The molecular formula is C20H21N3O2S. The maximum atomic E-state index is 12.5. The number of benzene rings is 1. The van der Waals surface area contributed by atoms with Gasteiger partial charge in [0.1, 0.15) is 5.76 Å². The molecule has 1 aromatic heterocycles. The predicted molar refractivity (Wildman–Crippen MR) is 107 cm³/mol. The third kappa shape index (κ3) is 3.42. The lowest BCUT2D eigenvalue weighted by Gasteiger charge is -2.12. The van der Waals surface area contributed by atoms with Crippen LogP contribution in [-0.4, -0.2) is 36.1 Å². The normalized spacial score (nSPS) is 20.8. The minimum Gasteiger partial charge on any atom is -0.441 e. The van der Waals surface area contributed by atoms with Gasteiger partial charge in [-0.1, -0.05) is 17.7 Å². The van der Waals surface area contributed by atoms with Crippen LogP contribution in [0.25, 0.3) is 6.08 Å². The number of hydrogen-bond acceptors (Lipinski definition) is 5. The average molecular weight is 367 g/mol. The Morgan fingerprint density at radius 1 is 1.12 bits per heavy atom. The second-order valence-corrected chi connectivity index (χ2v) is 7.58. The van der Waals surface area contributed by atoms with Gasteiger partial charge in [0, 0.05) is 32.3 Å². The summed E-state index contributed by atoms with van der Waals surface area (Å²) in [6, 6.07) is 11.8. The molecule has 6 heteroatoms. The van der Waals surface area contributed by atoms with Gasteiger partial charge in [-0.05, 0) is 49.7 Å². The minimum absolute atomic E-state index is 0.0556. The topological polar surface area (TPSA) is 49.1 Å². The first-order valence-electron chi connectivity index (χ1n) is 8.78. The summed E-state index contributed by atoms with van der Waals surface area (Å²) in [5.41, 5.74) is 2.03. The Morgan fingerprint density at radius 3 is 2.58 bits per heavy atom. The number of carbonyl (C=O) groups is 1. The van der Waals surface area contributed by atoms with Crippen molar-refractivity contribution in [1.82, 2.24) is 4.90 Å². The zero-order valence-corrected chi connectivity index (χ0v) is 15.8. The first-order chi connectivity index (χ1) is 12.6. The first-order valence-corrected chi connectivity index (χ1v) is 9.59. The fraction of sp³-hybridized carbons (Fsp3) is 0.300. The molecule has 26 heavy (non-hydrogen) atoms. The number of nitrogens with zero attached hydrogens (tertiary/aromatic N) is 3. The van der Waals surface area contributed by atoms with Crippen LogP contribution in [0.1, 0.15) is 24.2 Å². The van der Waals surface area contributed by atoms with Crippen LogP contribution in [0.15, 0.2) is 50.7 Å². The van der Waals surface area contributed by atoms with Gasteiger partial charge in [0.25, 0.3) is 5.91 Å². The molecule has 134 valence electrons. The summed E-state index contributed by atoms with van der Waals surface area (Å²) in [6.45, 7) is 4.11. The van der Waals surface area contributed by atoms with Crippen LogP contribution >= 0.6 is 11.8 Å². The van der Waals surface area contributed by atoms with Crippen LogP contribution in [0.2, 0.25) is 0 Å². The molecule has 2 aromatic rings. The van der Waals surface area contributed by atoms with Gasteiger partial charge in [0.2, 0.25) is 0 Å². The van der Waals surface area contributed by atoms with Crippen LogP contribution in [0.4, 0.5) is 11.6 Å². The van der Waals surface area contributed by atoms with Crippen LogP contribution in [0, 0.1) is 6.92 Å². The van der Waals surface area contributed by atoms with Crippen molar-refractivity contribution in [2.45, 2.75) is 19.8 Å². The highest BCUT2D eigenvalue weighted by atomic mass is 32.2. The van der Waals surface area contributed by atoms with Crippen molar-refractivity contribution in [3.63, 3.8) is 0 Å². The number of aryl methyl sites for hydroxylation is 1. The molecule has 2 aliphatic heterocycles. The van der Waals surface area contributed by atoms with Crippen molar-refractivity contribution in [2.24, 2.45) is 4.99 Å². The fourth-order valence-electron chi connectivity index (χ4n) is 3.04. The number of likely N-dealkylation sites (N-methyl/N-ethyl adjacent to an activating group) is 1. The van der Waals surface area contributed by atoms with Gasteiger partial charge in [-0.2, -0.15) is 0 Å². The molecule has 4 rings (SSSR count). The van der Waals surface area contributed by atoms with Gasteiger partial charge >= 0.3 is 0 Å². The van der Waals surface area contributed by atoms with E-state index in [1.54, 1.807) is 18.0 Å². The minimum atomic E-state index is -0.0556. The molecule has 0 spiro atoms. The number of carbonyl (C=O) groups excluding carboxylic acids is 1. The Hall–Kier alpha value is -2.47. The summed E-state index contributed by atoms with van der Waals surface area (Å²) in [6.07, 6.45) is 4.21. The number of rotatable bonds is 3. The smallest absolute Gasteiger partial charge is 0.266 e. The van der Waals surface area contributed by atoms with Gasteiger partial charge in [-0.15, -0.1) is 0 Å². The van der Waals surface area contributed by atoms with Crippen LogP contribution < -0.4 is 4.90 Å². The van der Waals surface area contributed by atoms with Crippen LogP contribution in [-0.2, 0) is 4.79 Å². The van der Waals surface area contributed by atoms with E-state index < -0.39 is 0 Å². The number of aliphatic imine (C=N–C) groups is 1. The highest BCUT2D eigenvalue weighted by Crippen LogP contribution is 2.34. The van der Waals surface area contributed by atoms with E-state index in [2.05, 4.69) is 9.89 Å². The fourth-order valence-corrected chi connectivity index (χ4v) is 4.00. The quantitative estimate of drug-likeness (QED) is 0.754. The number of furan rings is 1.